The number of benzene rings is 2. The van der Waals surface area contributed by atoms with E-state index < -0.39 is 15.8 Å². The third-order valence-electron chi connectivity index (χ3n) is 3.17. The molecule has 0 amide bonds. The number of hydrogen-bond donors (Lipinski definition) is 0. The smallest absolute Gasteiger partial charge is 0.338 e. The molecule has 116 valence electrons. The standard InChI is InChI=1S/C16H15ClO4S/c1-11-7-8-13(22(2,19)20)9-14(11)16(18)21-10-12-5-3-4-6-15(12)17/h3-9H,10H2,1-2H3. The van der Waals surface area contributed by atoms with E-state index in [9.17, 15) is 13.2 Å². The van der Waals surface area contributed by atoms with Crippen LogP contribution in [0, 0.1) is 6.92 Å². The summed E-state index contributed by atoms with van der Waals surface area (Å²) >= 11 is 6.00. The lowest BCUT2D eigenvalue weighted by atomic mass is 10.1. The van der Waals surface area contributed by atoms with E-state index in [0.29, 0.717) is 16.1 Å². The minimum absolute atomic E-state index is 0.0288. The Balaban J connectivity index is 2.21. The molecule has 0 saturated heterocycles. The summed E-state index contributed by atoms with van der Waals surface area (Å²) in [7, 11) is -3.38. The van der Waals surface area contributed by atoms with Crippen LogP contribution in [0.1, 0.15) is 21.5 Å². The number of ether oxygens (including phenoxy) is 1. The molecule has 6 heteroatoms. The molecule has 22 heavy (non-hydrogen) atoms. The summed E-state index contributed by atoms with van der Waals surface area (Å²) in [5.74, 6) is -0.581. The van der Waals surface area contributed by atoms with Crippen LogP contribution in [-0.4, -0.2) is 20.6 Å². The van der Waals surface area contributed by atoms with Crippen LogP contribution in [0.25, 0.3) is 0 Å². The zero-order valence-corrected chi connectivity index (χ0v) is 13.7. The first-order chi connectivity index (χ1) is 10.3. The lowest BCUT2D eigenvalue weighted by Gasteiger charge is -2.09. The molecule has 4 nitrogen and oxygen atoms in total. The molecule has 0 unspecified atom stereocenters. The molecule has 0 atom stereocenters. The average Bonchev–Trinajstić information content (AvgIpc) is 2.45. The van der Waals surface area contributed by atoms with Crippen molar-refractivity contribution in [3.63, 3.8) is 0 Å². The van der Waals surface area contributed by atoms with Crippen LogP contribution in [0.15, 0.2) is 47.4 Å². The van der Waals surface area contributed by atoms with Crippen molar-refractivity contribution in [2.24, 2.45) is 0 Å². The van der Waals surface area contributed by atoms with E-state index in [4.69, 9.17) is 16.3 Å². The Morgan fingerprint density at radius 3 is 2.50 bits per heavy atom. The third-order valence-corrected chi connectivity index (χ3v) is 4.65. The van der Waals surface area contributed by atoms with Crippen LogP contribution < -0.4 is 0 Å². The number of rotatable bonds is 4. The molecule has 2 rings (SSSR count). The number of sulfone groups is 1. The van der Waals surface area contributed by atoms with Gasteiger partial charge in [-0.25, -0.2) is 13.2 Å². The third kappa shape index (κ3) is 3.87. The second kappa shape index (κ2) is 6.50. The Hall–Kier alpha value is -1.85. The number of carbonyl (C=O) groups is 1. The highest BCUT2D eigenvalue weighted by Crippen LogP contribution is 2.19. The Kier molecular flexibility index (Phi) is 4.88. The highest BCUT2D eigenvalue weighted by atomic mass is 35.5. The zero-order chi connectivity index (χ0) is 16.3. The molecule has 0 heterocycles. The number of halogens is 1. The molecule has 0 radical (unpaired) electrons. The highest BCUT2D eigenvalue weighted by Gasteiger charge is 2.16. The molecule has 0 spiro atoms. The molecule has 2 aromatic rings. The molecule has 0 aromatic heterocycles. The van der Waals surface area contributed by atoms with Crippen LogP contribution >= 0.6 is 11.6 Å². The van der Waals surface area contributed by atoms with Crippen molar-refractivity contribution in [1.82, 2.24) is 0 Å². The topological polar surface area (TPSA) is 60.4 Å². The number of carbonyl (C=O) groups excluding carboxylic acids is 1. The highest BCUT2D eigenvalue weighted by molar-refractivity contribution is 7.90. The minimum atomic E-state index is -3.38. The summed E-state index contributed by atoms with van der Waals surface area (Å²) in [5.41, 5.74) is 1.57. The van der Waals surface area contributed by atoms with Gasteiger partial charge in [0.2, 0.25) is 0 Å². The molecule has 2 aromatic carbocycles. The van der Waals surface area contributed by atoms with Crippen molar-refractivity contribution in [2.45, 2.75) is 18.4 Å². The van der Waals surface area contributed by atoms with Gasteiger partial charge in [-0.05, 0) is 30.7 Å². The maximum Gasteiger partial charge on any atom is 0.338 e. The number of hydrogen-bond acceptors (Lipinski definition) is 4. The first-order valence-electron chi connectivity index (χ1n) is 6.50. The fraction of sp³-hybridized carbons (Fsp3) is 0.188. The quantitative estimate of drug-likeness (QED) is 0.801. The van der Waals surface area contributed by atoms with Crippen molar-refractivity contribution in [1.29, 1.82) is 0 Å². The predicted molar refractivity (Wildman–Crippen MR) is 84.9 cm³/mol. The van der Waals surface area contributed by atoms with Crippen LogP contribution in [-0.2, 0) is 21.2 Å². The van der Waals surface area contributed by atoms with Gasteiger partial charge in [0.25, 0.3) is 0 Å². The molecule has 0 aliphatic rings. The molecular formula is C16H15ClO4S. The first kappa shape index (κ1) is 16.5. The molecular weight excluding hydrogens is 324 g/mol. The number of aryl methyl sites for hydroxylation is 1. The lowest BCUT2D eigenvalue weighted by Crippen LogP contribution is -2.09. The van der Waals surface area contributed by atoms with Crippen molar-refractivity contribution < 1.29 is 17.9 Å². The monoisotopic (exact) mass is 338 g/mol. The fourth-order valence-electron chi connectivity index (χ4n) is 1.89. The van der Waals surface area contributed by atoms with Gasteiger partial charge in [-0.3, -0.25) is 0 Å². The van der Waals surface area contributed by atoms with Crippen LogP contribution in [0.4, 0.5) is 0 Å². The second-order valence-electron chi connectivity index (χ2n) is 4.92. The molecule has 0 saturated carbocycles. The summed E-state index contributed by atoms with van der Waals surface area (Å²) in [6, 6.07) is 11.4. The van der Waals surface area contributed by atoms with Gasteiger partial charge in [-0.2, -0.15) is 0 Å². The average molecular weight is 339 g/mol. The van der Waals surface area contributed by atoms with E-state index >= 15 is 0 Å². The molecule has 0 aliphatic carbocycles. The van der Waals surface area contributed by atoms with Crippen LogP contribution in [0.2, 0.25) is 5.02 Å². The van der Waals surface area contributed by atoms with E-state index in [1.165, 1.54) is 12.1 Å². The Bertz CT molecular complexity index is 813. The largest absolute Gasteiger partial charge is 0.457 e. The Morgan fingerprint density at radius 2 is 1.86 bits per heavy atom. The zero-order valence-electron chi connectivity index (χ0n) is 12.2. The van der Waals surface area contributed by atoms with Crippen LogP contribution in [0.5, 0.6) is 0 Å². The summed E-state index contributed by atoms with van der Waals surface area (Å²) in [5, 5.41) is 0.511. The van der Waals surface area contributed by atoms with E-state index in [0.717, 1.165) is 6.26 Å². The summed E-state index contributed by atoms with van der Waals surface area (Å²) in [4.78, 5) is 12.3. The number of esters is 1. The van der Waals surface area contributed by atoms with Gasteiger partial charge in [0, 0.05) is 16.8 Å². The maximum absolute atomic E-state index is 12.2. The first-order valence-corrected chi connectivity index (χ1v) is 8.77. The Morgan fingerprint density at radius 1 is 1.18 bits per heavy atom. The summed E-state index contributed by atoms with van der Waals surface area (Å²) < 4.78 is 28.4. The normalized spacial score (nSPS) is 11.2. The minimum Gasteiger partial charge on any atom is -0.457 e. The molecule has 0 aliphatic heterocycles. The lowest BCUT2D eigenvalue weighted by molar-refractivity contribution is 0.0471. The Labute approximate surface area is 134 Å². The molecule has 0 N–H and O–H groups in total. The van der Waals surface area contributed by atoms with Gasteiger partial charge < -0.3 is 4.74 Å². The SMILES string of the molecule is Cc1ccc(S(C)(=O)=O)cc1C(=O)OCc1ccccc1Cl. The molecule has 0 bridgehead atoms. The summed E-state index contributed by atoms with van der Waals surface area (Å²) in [6.07, 6.45) is 1.09. The van der Waals surface area contributed by atoms with E-state index in [2.05, 4.69) is 0 Å². The predicted octanol–water partition coefficient (Wildman–Crippen LogP) is 3.41. The van der Waals surface area contributed by atoms with Gasteiger partial charge in [0.15, 0.2) is 9.84 Å². The second-order valence-corrected chi connectivity index (χ2v) is 7.34. The van der Waals surface area contributed by atoms with E-state index in [1.807, 2.05) is 0 Å². The maximum atomic E-state index is 12.2. The van der Waals surface area contributed by atoms with E-state index in [1.54, 1.807) is 37.3 Å². The molecule has 0 fully saturated rings. The summed E-state index contributed by atoms with van der Waals surface area (Å²) in [6.45, 7) is 1.75. The van der Waals surface area contributed by atoms with Gasteiger partial charge in [-0.15, -0.1) is 0 Å². The fourth-order valence-corrected chi connectivity index (χ4v) is 2.73. The van der Waals surface area contributed by atoms with Crippen molar-refractivity contribution in [2.75, 3.05) is 6.26 Å². The van der Waals surface area contributed by atoms with Gasteiger partial charge in [0.05, 0.1) is 10.5 Å². The van der Waals surface area contributed by atoms with Crippen molar-refractivity contribution in [3.05, 3.63) is 64.2 Å². The van der Waals surface area contributed by atoms with Crippen molar-refractivity contribution >= 4 is 27.4 Å². The van der Waals surface area contributed by atoms with Gasteiger partial charge in [-0.1, -0.05) is 35.9 Å². The van der Waals surface area contributed by atoms with Gasteiger partial charge >= 0.3 is 5.97 Å². The van der Waals surface area contributed by atoms with Crippen LogP contribution in [0.3, 0.4) is 0 Å². The van der Waals surface area contributed by atoms with E-state index in [-0.39, 0.29) is 17.1 Å². The van der Waals surface area contributed by atoms with Crippen molar-refractivity contribution in [3.8, 4) is 0 Å². The van der Waals surface area contributed by atoms with Gasteiger partial charge in [0.1, 0.15) is 6.61 Å².